The van der Waals surface area contributed by atoms with Crippen molar-refractivity contribution in [3.63, 3.8) is 0 Å². The Morgan fingerprint density at radius 2 is 2.19 bits per heavy atom. The molecule has 2 aromatic rings. The van der Waals surface area contributed by atoms with Gasteiger partial charge in [-0.2, -0.15) is 0 Å². The molecular formula is C15H16FNO2S2. The van der Waals surface area contributed by atoms with Gasteiger partial charge in [-0.1, -0.05) is 6.07 Å². The minimum absolute atomic E-state index is 0.142. The molecule has 0 aliphatic rings. The van der Waals surface area contributed by atoms with Crippen molar-refractivity contribution >= 4 is 33.7 Å². The van der Waals surface area contributed by atoms with Gasteiger partial charge in [0.1, 0.15) is 5.82 Å². The molecule has 1 heterocycles. The van der Waals surface area contributed by atoms with Crippen LogP contribution in [-0.4, -0.2) is 16.4 Å². The molecule has 1 amide bonds. The first-order valence-corrected chi connectivity index (χ1v) is 8.95. The first kappa shape index (κ1) is 15.9. The Hall–Kier alpha value is -1.53. The fourth-order valence-corrected chi connectivity index (χ4v) is 3.26. The Bertz CT molecular complexity index is 641. The van der Waals surface area contributed by atoms with Crippen molar-refractivity contribution in [1.29, 1.82) is 0 Å². The molecule has 2 rings (SSSR count). The normalized spacial score (nSPS) is 12.1. The van der Waals surface area contributed by atoms with Gasteiger partial charge in [-0.25, -0.2) is 4.39 Å². The number of thiophene rings is 1. The Balaban J connectivity index is 1.85. The van der Waals surface area contributed by atoms with E-state index in [9.17, 15) is 13.4 Å². The number of hydrogen-bond donors (Lipinski definition) is 1. The van der Waals surface area contributed by atoms with Crippen molar-refractivity contribution in [1.82, 2.24) is 0 Å². The number of amides is 1. The van der Waals surface area contributed by atoms with Crippen molar-refractivity contribution < 1.29 is 13.4 Å². The van der Waals surface area contributed by atoms with Crippen LogP contribution in [0.15, 0.2) is 40.6 Å². The second-order valence-corrected chi connectivity index (χ2v) is 6.96. The molecule has 6 heteroatoms. The lowest BCUT2D eigenvalue weighted by atomic mass is 10.2. The van der Waals surface area contributed by atoms with Crippen LogP contribution in [0.4, 0.5) is 10.1 Å². The molecule has 1 aromatic carbocycles. The van der Waals surface area contributed by atoms with E-state index in [1.807, 2.05) is 17.5 Å². The van der Waals surface area contributed by atoms with Gasteiger partial charge in [-0.05, 0) is 42.5 Å². The second-order valence-electron chi connectivity index (χ2n) is 4.58. The van der Waals surface area contributed by atoms with Gasteiger partial charge in [-0.15, -0.1) is 11.3 Å². The smallest absolute Gasteiger partial charge is 0.224 e. The SMILES string of the molecule is C[S@](=O)c1ccc(NC(=O)CCCc2cccs2)cc1F. The van der Waals surface area contributed by atoms with Crippen LogP contribution in [0.1, 0.15) is 17.7 Å². The van der Waals surface area contributed by atoms with E-state index >= 15 is 0 Å². The van der Waals surface area contributed by atoms with Gasteiger partial charge in [0.2, 0.25) is 5.91 Å². The van der Waals surface area contributed by atoms with Gasteiger partial charge in [0.25, 0.3) is 0 Å². The summed E-state index contributed by atoms with van der Waals surface area (Å²) >= 11 is 1.67. The number of carbonyl (C=O) groups excluding carboxylic acids is 1. The molecule has 0 saturated carbocycles. The fraction of sp³-hybridized carbons (Fsp3) is 0.267. The maximum atomic E-state index is 13.6. The highest BCUT2D eigenvalue weighted by Gasteiger charge is 2.09. The van der Waals surface area contributed by atoms with E-state index in [0.717, 1.165) is 12.8 Å². The quantitative estimate of drug-likeness (QED) is 0.882. The Morgan fingerprint density at radius 3 is 2.81 bits per heavy atom. The molecule has 0 bridgehead atoms. The van der Waals surface area contributed by atoms with Crippen LogP contribution in [0.25, 0.3) is 0 Å². The number of aryl methyl sites for hydroxylation is 1. The molecule has 0 aliphatic carbocycles. The van der Waals surface area contributed by atoms with Crippen molar-refractivity contribution in [2.45, 2.75) is 24.2 Å². The molecule has 1 atom stereocenters. The van der Waals surface area contributed by atoms with Crippen molar-refractivity contribution in [3.05, 3.63) is 46.4 Å². The highest BCUT2D eigenvalue weighted by Crippen LogP contribution is 2.18. The van der Waals surface area contributed by atoms with Crippen molar-refractivity contribution in [3.8, 4) is 0 Å². The molecule has 0 spiro atoms. The topological polar surface area (TPSA) is 46.2 Å². The summed E-state index contributed by atoms with van der Waals surface area (Å²) in [6.07, 6.45) is 3.43. The molecule has 1 aromatic heterocycles. The van der Waals surface area contributed by atoms with Gasteiger partial charge in [0, 0.05) is 23.2 Å². The van der Waals surface area contributed by atoms with Gasteiger partial charge in [0.15, 0.2) is 0 Å². The first-order valence-electron chi connectivity index (χ1n) is 6.51. The van der Waals surface area contributed by atoms with Crippen LogP contribution >= 0.6 is 11.3 Å². The molecule has 0 unspecified atom stereocenters. The molecule has 0 radical (unpaired) electrons. The summed E-state index contributed by atoms with van der Waals surface area (Å²) in [6.45, 7) is 0. The van der Waals surface area contributed by atoms with Gasteiger partial charge in [0.05, 0.1) is 15.7 Å². The van der Waals surface area contributed by atoms with E-state index in [1.54, 1.807) is 17.4 Å². The zero-order valence-corrected chi connectivity index (χ0v) is 13.2. The van der Waals surface area contributed by atoms with Gasteiger partial charge >= 0.3 is 0 Å². The highest BCUT2D eigenvalue weighted by atomic mass is 32.2. The molecule has 0 aliphatic heterocycles. The van der Waals surface area contributed by atoms with Gasteiger partial charge < -0.3 is 5.32 Å². The maximum absolute atomic E-state index is 13.6. The summed E-state index contributed by atoms with van der Waals surface area (Å²) in [6, 6.07) is 8.24. The summed E-state index contributed by atoms with van der Waals surface area (Å²) in [5.74, 6) is -0.705. The minimum Gasteiger partial charge on any atom is -0.326 e. The van der Waals surface area contributed by atoms with Gasteiger partial charge in [-0.3, -0.25) is 9.00 Å². The lowest BCUT2D eigenvalue weighted by Crippen LogP contribution is -2.11. The molecule has 21 heavy (non-hydrogen) atoms. The number of rotatable bonds is 6. The standard InChI is InChI=1S/C15H16FNO2S2/c1-21(19)14-8-7-11(10-13(14)16)17-15(18)6-2-4-12-5-3-9-20-12/h3,5,7-10H,2,4,6H2,1H3,(H,17,18)/t21-/m0/s1. The van der Waals surface area contributed by atoms with E-state index in [-0.39, 0.29) is 10.8 Å². The minimum atomic E-state index is -1.37. The first-order chi connectivity index (χ1) is 10.1. The number of nitrogens with one attached hydrogen (secondary N) is 1. The van der Waals surface area contributed by atoms with E-state index in [4.69, 9.17) is 0 Å². The van der Waals surface area contributed by atoms with E-state index in [1.165, 1.54) is 23.3 Å². The average Bonchev–Trinajstić information content (AvgIpc) is 2.91. The van der Waals surface area contributed by atoms with Crippen LogP contribution in [0.3, 0.4) is 0 Å². The number of hydrogen-bond acceptors (Lipinski definition) is 3. The average molecular weight is 325 g/mol. The molecular weight excluding hydrogens is 309 g/mol. The van der Waals surface area contributed by atoms with E-state index < -0.39 is 16.6 Å². The third-order valence-corrected chi connectivity index (χ3v) is 4.82. The zero-order chi connectivity index (χ0) is 15.2. The van der Waals surface area contributed by atoms with Crippen molar-refractivity contribution in [2.75, 3.05) is 11.6 Å². The van der Waals surface area contributed by atoms with Crippen LogP contribution in [0, 0.1) is 5.82 Å². The van der Waals surface area contributed by atoms with Crippen LogP contribution < -0.4 is 5.32 Å². The largest absolute Gasteiger partial charge is 0.326 e. The summed E-state index contributed by atoms with van der Waals surface area (Å²) in [7, 11) is -1.37. The number of benzene rings is 1. The van der Waals surface area contributed by atoms with Crippen LogP contribution in [-0.2, 0) is 22.0 Å². The van der Waals surface area contributed by atoms with Crippen molar-refractivity contribution in [2.24, 2.45) is 0 Å². The maximum Gasteiger partial charge on any atom is 0.224 e. The molecule has 0 fully saturated rings. The second kappa shape index (κ2) is 7.47. The van der Waals surface area contributed by atoms with E-state index in [2.05, 4.69) is 5.32 Å². The predicted molar refractivity (Wildman–Crippen MR) is 84.6 cm³/mol. The lowest BCUT2D eigenvalue weighted by molar-refractivity contribution is -0.116. The monoisotopic (exact) mass is 325 g/mol. The molecule has 3 nitrogen and oxygen atoms in total. The zero-order valence-electron chi connectivity index (χ0n) is 11.6. The van der Waals surface area contributed by atoms with E-state index in [0.29, 0.717) is 12.1 Å². The summed E-state index contributed by atoms with van der Waals surface area (Å²) < 4.78 is 24.9. The molecule has 1 N–H and O–H groups in total. The Morgan fingerprint density at radius 1 is 1.38 bits per heavy atom. The summed E-state index contributed by atoms with van der Waals surface area (Å²) in [5, 5.41) is 4.67. The predicted octanol–water partition coefficient (Wildman–Crippen LogP) is 3.59. The van der Waals surface area contributed by atoms with Crippen LogP contribution in [0.2, 0.25) is 0 Å². The summed E-state index contributed by atoms with van der Waals surface area (Å²) in [4.78, 5) is 13.2. The Kier molecular flexibility index (Phi) is 5.64. The Labute approximate surface area is 129 Å². The third kappa shape index (κ3) is 4.75. The lowest BCUT2D eigenvalue weighted by Gasteiger charge is -2.06. The number of carbonyl (C=O) groups is 1. The number of halogens is 1. The number of anilines is 1. The highest BCUT2D eigenvalue weighted by molar-refractivity contribution is 7.84. The summed E-state index contributed by atoms with van der Waals surface area (Å²) in [5.41, 5.74) is 0.392. The molecule has 0 saturated heterocycles. The van der Waals surface area contributed by atoms with Crippen LogP contribution in [0.5, 0.6) is 0 Å². The molecule has 112 valence electrons. The fourth-order valence-electron chi connectivity index (χ4n) is 1.91. The third-order valence-electron chi connectivity index (χ3n) is 2.93.